The topological polar surface area (TPSA) is 56.2 Å². The normalized spacial score (nSPS) is 10.8. The summed E-state index contributed by atoms with van der Waals surface area (Å²) >= 11 is 12.0. The predicted molar refractivity (Wildman–Crippen MR) is 111 cm³/mol. The summed E-state index contributed by atoms with van der Waals surface area (Å²) < 4.78 is 7.53. The molecule has 0 saturated heterocycles. The van der Waals surface area contributed by atoms with E-state index in [4.69, 9.17) is 27.9 Å². The fourth-order valence-corrected chi connectivity index (χ4v) is 3.31. The summed E-state index contributed by atoms with van der Waals surface area (Å²) in [5.74, 6) is 0.436. The van der Waals surface area contributed by atoms with E-state index in [9.17, 15) is 4.79 Å². The number of rotatable bonds is 6. The quantitative estimate of drug-likeness (QED) is 0.623. The largest absolute Gasteiger partial charge is 0.487 e. The first-order chi connectivity index (χ1) is 13.3. The molecule has 0 aliphatic heterocycles. The number of aryl methyl sites for hydroxylation is 2. The molecule has 146 valence electrons. The van der Waals surface area contributed by atoms with Gasteiger partial charge in [0.2, 0.25) is 0 Å². The number of hydrogen-bond donors (Lipinski definition) is 1. The molecule has 1 N–H and O–H groups in total. The number of amides is 1. The number of carbonyl (C=O) groups is 1. The van der Waals surface area contributed by atoms with E-state index < -0.39 is 0 Å². The van der Waals surface area contributed by atoms with Crippen molar-refractivity contribution in [3.8, 4) is 5.75 Å². The standard InChI is InChI=1S/C21H21Cl2N3O2/c1-13-18(14(2)26(3)25-13)11-24-21(27)16-6-4-15(5-7-16)12-28-20-9-8-17(22)10-19(20)23/h4-10H,11-12H2,1-3H3,(H,24,27). The third-order valence-electron chi connectivity index (χ3n) is 4.59. The van der Waals surface area contributed by atoms with Gasteiger partial charge in [0, 0.05) is 35.4 Å². The zero-order valence-corrected chi connectivity index (χ0v) is 17.4. The van der Waals surface area contributed by atoms with Crippen molar-refractivity contribution in [2.24, 2.45) is 7.05 Å². The Bertz CT molecular complexity index is 998. The molecule has 0 fully saturated rings. The first-order valence-electron chi connectivity index (χ1n) is 8.79. The molecule has 3 aromatic rings. The molecule has 0 saturated carbocycles. The van der Waals surface area contributed by atoms with E-state index in [2.05, 4.69) is 10.4 Å². The van der Waals surface area contributed by atoms with Gasteiger partial charge in [-0.3, -0.25) is 9.48 Å². The van der Waals surface area contributed by atoms with Crippen LogP contribution in [0.15, 0.2) is 42.5 Å². The summed E-state index contributed by atoms with van der Waals surface area (Å²) in [5.41, 5.74) is 4.54. The van der Waals surface area contributed by atoms with Crippen molar-refractivity contribution in [3.05, 3.63) is 80.6 Å². The molecule has 1 heterocycles. The Morgan fingerprint density at radius 2 is 1.86 bits per heavy atom. The summed E-state index contributed by atoms with van der Waals surface area (Å²) in [6, 6.07) is 12.4. The summed E-state index contributed by atoms with van der Waals surface area (Å²) in [6.45, 7) is 4.72. The van der Waals surface area contributed by atoms with Gasteiger partial charge in [0.25, 0.3) is 5.91 Å². The first-order valence-corrected chi connectivity index (χ1v) is 9.55. The fourth-order valence-electron chi connectivity index (χ4n) is 2.85. The van der Waals surface area contributed by atoms with Crippen molar-refractivity contribution in [3.63, 3.8) is 0 Å². The van der Waals surface area contributed by atoms with Crippen molar-refractivity contribution in [1.29, 1.82) is 0 Å². The Hall–Kier alpha value is -2.50. The SMILES string of the molecule is Cc1nn(C)c(C)c1CNC(=O)c1ccc(COc2ccc(Cl)cc2Cl)cc1. The van der Waals surface area contributed by atoms with Crippen LogP contribution in [-0.4, -0.2) is 15.7 Å². The Morgan fingerprint density at radius 1 is 1.14 bits per heavy atom. The molecule has 1 amide bonds. The van der Waals surface area contributed by atoms with Gasteiger partial charge in [0.15, 0.2) is 0 Å². The van der Waals surface area contributed by atoms with Gasteiger partial charge >= 0.3 is 0 Å². The Labute approximate surface area is 174 Å². The van der Waals surface area contributed by atoms with Gasteiger partial charge in [-0.2, -0.15) is 5.10 Å². The lowest BCUT2D eigenvalue weighted by Crippen LogP contribution is -2.23. The van der Waals surface area contributed by atoms with Crippen molar-refractivity contribution < 1.29 is 9.53 Å². The summed E-state index contributed by atoms with van der Waals surface area (Å²) in [6.07, 6.45) is 0. The minimum Gasteiger partial charge on any atom is -0.487 e. The van der Waals surface area contributed by atoms with E-state index in [0.29, 0.717) is 34.5 Å². The first kappa shape index (κ1) is 20.2. The van der Waals surface area contributed by atoms with Gasteiger partial charge in [-0.25, -0.2) is 0 Å². The lowest BCUT2D eigenvalue weighted by atomic mass is 10.1. The number of nitrogens with zero attached hydrogens (tertiary/aromatic N) is 2. The molecule has 0 radical (unpaired) electrons. The monoisotopic (exact) mass is 417 g/mol. The highest BCUT2D eigenvalue weighted by atomic mass is 35.5. The molecule has 1 aromatic heterocycles. The summed E-state index contributed by atoms with van der Waals surface area (Å²) in [4.78, 5) is 12.4. The number of carbonyl (C=O) groups excluding carboxylic acids is 1. The van der Waals surface area contributed by atoms with Gasteiger partial charge < -0.3 is 10.1 Å². The minimum atomic E-state index is -0.129. The fraction of sp³-hybridized carbons (Fsp3) is 0.238. The molecule has 5 nitrogen and oxygen atoms in total. The van der Waals surface area contributed by atoms with Crippen molar-refractivity contribution in [2.45, 2.75) is 27.0 Å². The second kappa shape index (κ2) is 8.67. The van der Waals surface area contributed by atoms with Crippen molar-refractivity contribution in [1.82, 2.24) is 15.1 Å². The highest BCUT2D eigenvalue weighted by Crippen LogP contribution is 2.28. The molecule has 7 heteroatoms. The average Bonchev–Trinajstić information content (AvgIpc) is 2.91. The van der Waals surface area contributed by atoms with Crippen LogP contribution in [0.1, 0.15) is 32.9 Å². The molecule has 28 heavy (non-hydrogen) atoms. The molecule has 0 aliphatic carbocycles. The van der Waals surface area contributed by atoms with Crippen molar-refractivity contribution >= 4 is 29.1 Å². The van der Waals surface area contributed by atoms with Crippen molar-refractivity contribution in [2.75, 3.05) is 0 Å². The number of halogens is 2. The Morgan fingerprint density at radius 3 is 2.46 bits per heavy atom. The highest BCUT2D eigenvalue weighted by molar-refractivity contribution is 6.35. The molecular weight excluding hydrogens is 397 g/mol. The smallest absolute Gasteiger partial charge is 0.251 e. The molecule has 0 spiro atoms. The van der Waals surface area contributed by atoms with Crippen LogP contribution in [-0.2, 0) is 20.2 Å². The molecular formula is C21H21Cl2N3O2. The van der Waals surface area contributed by atoms with E-state index in [-0.39, 0.29) is 5.91 Å². The average molecular weight is 418 g/mol. The van der Waals surface area contributed by atoms with E-state index in [1.165, 1.54) is 0 Å². The lowest BCUT2D eigenvalue weighted by Gasteiger charge is -2.09. The molecule has 0 atom stereocenters. The van der Waals surface area contributed by atoms with E-state index in [1.54, 1.807) is 30.3 Å². The number of nitrogens with one attached hydrogen (secondary N) is 1. The maximum absolute atomic E-state index is 12.4. The van der Waals surface area contributed by atoms with E-state index in [1.807, 2.05) is 37.7 Å². The second-order valence-corrected chi connectivity index (χ2v) is 7.36. The Kier molecular flexibility index (Phi) is 6.27. The van der Waals surface area contributed by atoms with Crippen LogP contribution in [0.2, 0.25) is 10.0 Å². The molecule has 0 unspecified atom stereocenters. The third kappa shape index (κ3) is 4.66. The van der Waals surface area contributed by atoms with E-state index in [0.717, 1.165) is 22.5 Å². The van der Waals surface area contributed by atoms with Crippen LogP contribution in [0, 0.1) is 13.8 Å². The summed E-state index contributed by atoms with van der Waals surface area (Å²) in [5, 5.41) is 8.33. The van der Waals surface area contributed by atoms with Gasteiger partial charge in [0.1, 0.15) is 12.4 Å². The van der Waals surface area contributed by atoms with Gasteiger partial charge in [-0.1, -0.05) is 35.3 Å². The summed E-state index contributed by atoms with van der Waals surface area (Å²) in [7, 11) is 1.89. The van der Waals surface area contributed by atoms with Crippen LogP contribution in [0.25, 0.3) is 0 Å². The maximum Gasteiger partial charge on any atom is 0.251 e. The molecule has 2 aromatic carbocycles. The number of aromatic nitrogens is 2. The number of ether oxygens (including phenoxy) is 1. The Balaban J connectivity index is 1.58. The maximum atomic E-state index is 12.4. The van der Waals surface area contributed by atoms with Crippen LogP contribution < -0.4 is 10.1 Å². The van der Waals surface area contributed by atoms with Crippen LogP contribution in [0.4, 0.5) is 0 Å². The number of hydrogen-bond acceptors (Lipinski definition) is 3. The van der Waals surface area contributed by atoms with Gasteiger partial charge in [-0.05, 0) is 49.7 Å². The zero-order chi connectivity index (χ0) is 20.3. The van der Waals surface area contributed by atoms with Crippen LogP contribution >= 0.6 is 23.2 Å². The molecule has 0 bridgehead atoms. The minimum absolute atomic E-state index is 0.129. The highest BCUT2D eigenvalue weighted by Gasteiger charge is 2.12. The predicted octanol–water partition coefficient (Wildman–Crippen LogP) is 4.85. The molecule has 0 aliphatic rings. The third-order valence-corrected chi connectivity index (χ3v) is 5.12. The van der Waals surface area contributed by atoms with Crippen LogP contribution in [0.5, 0.6) is 5.75 Å². The second-order valence-electron chi connectivity index (χ2n) is 6.52. The van der Waals surface area contributed by atoms with E-state index >= 15 is 0 Å². The zero-order valence-electron chi connectivity index (χ0n) is 15.9. The van der Waals surface area contributed by atoms with Crippen LogP contribution in [0.3, 0.4) is 0 Å². The van der Waals surface area contributed by atoms with Gasteiger partial charge in [0.05, 0.1) is 10.7 Å². The number of benzene rings is 2. The lowest BCUT2D eigenvalue weighted by molar-refractivity contribution is 0.0951. The van der Waals surface area contributed by atoms with Gasteiger partial charge in [-0.15, -0.1) is 0 Å². The molecule has 3 rings (SSSR count).